The van der Waals surface area contributed by atoms with Gasteiger partial charge in [-0.3, -0.25) is 4.79 Å². The molecule has 5 heteroatoms. The summed E-state index contributed by atoms with van der Waals surface area (Å²) < 4.78 is 15.9. The fourth-order valence-electron chi connectivity index (χ4n) is 1.90. The lowest BCUT2D eigenvalue weighted by molar-refractivity contribution is -0.116. The highest BCUT2D eigenvalue weighted by atomic mass is 16.5. The molecule has 0 radical (unpaired) electrons. The summed E-state index contributed by atoms with van der Waals surface area (Å²) in [5, 5.41) is 2.89. The third kappa shape index (κ3) is 3.23. The van der Waals surface area contributed by atoms with Crippen LogP contribution in [0.2, 0.25) is 0 Å². The lowest BCUT2D eigenvalue weighted by atomic mass is 10.1. The van der Waals surface area contributed by atoms with Crippen LogP contribution in [0.15, 0.2) is 18.2 Å². The second kappa shape index (κ2) is 6.32. The molecule has 1 aliphatic rings. The molecule has 1 amide bonds. The molecule has 1 aromatic carbocycles. The number of hydrogen-bond acceptors (Lipinski definition) is 4. The van der Waals surface area contributed by atoms with Gasteiger partial charge in [0.25, 0.3) is 0 Å². The van der Waals surface area contributed by atoms with Gasteiger partial charge in [0.1, 0.15) is 0 Å². The van der Waals surface area contributed by atoms with Crippen LogP contribution in [0.4, 0.5) is 0 Å². The molecule has 2 rings (SSSR count). The van der Waals surface area contributed by atoms with Crippen LogP contribution in [0, 0.1) is 0 Å². The first-order valence-corrected chi connectivity index (χ1v) is 6.47. The van der Waals surface area contributed by atoms with Gasteiger partial charge in [0.15, 0.2) is 11.5 Å². The van der Waals surface area contributed by atoms with E-state index in [9.17, 15) is 4.79 Å². The molecular formula is C15H19NO4. The van der Waals surface area contributed by atoms with Crippen LogP contribution >= 0.6 is 0 Å². The lowest BCUT2D eigenvalue weighted by Crippen LogP contribution is -2.22. The molecule has 108 valence electrons. The summed E-state index contributed by atoms with van der Waals surface area (Å²) >= 11 is 0. The number of rotatable bonds is 6. The summed E-state index contributed by atoms with van der Waals surface area (Å²) in [5.41, 5.74) is 0.760. The zero-order valence-corrected chi connectivity index (χ0v) is 11.9. The van der Waals surface area contributed by atoms with E-state index in [0.717, 1.165) is 18.4 Å². The van der Waals surface area contributed by atoms with Crippen molar-refractivity contribution >= 4 is 12.0 Å². The average Bonchev–Trinajstić information content (AvgIpc) is 3.27. The molecule has 0 spiro atoms. The summed E-state index contributed by atoms with van der Waals surface area (Å²) in [6, 6.07) is 3.94. The number of carbonyl (C=O) groups excluding carboxylic acids is 1. The number of amides is 1. The second-order valence-corrected chi connectivity index (χ2v) is 4.54. The van der Waals surface area contributed by atoms with Crippen molar-refractivity contribution in [1.82, 2.24) is 5.32 Å². The number of benzene rings is 1. The van der Waals surface area contributed by atoms with Gasteiger partial charge in [0.05, 0.1) is 21.3 Å². The molecular weight excluding hydrogens is 258 g/mol. The predicted octanol–water partition coefficient (Wildman–Crippen LogP) is 2.00. The van der Waals surface area contributed by atoms with Crippen LogP contribution < -0.4 is 19.5 Å². The molecule has 1 aromatic rings. The van der Waals surface area contributed by atoms with Crippen molar-refractivity contribution in [2.24, 2.45) is 0 Å². The molecule has 20 heavy (non-hydrogen) atoms. The average molecular weight is 277 g/mol. The molecule has 1 fully saturated rings. The Morgan fingerprint density at radius 2 is 1.85 bits per heavy atom. The predicted molar refractivity (Wildman–Crippen MR) is 76.3 cm³/mol. The van der Waals surface area contributed by atoms with Gasteiger partial charge < -0.3 is 19.5 Å². The number of methoxy groups -OCH3 is 3. The summed E-state index contributed by atoms with van der Waals surface area (Å²) in [7, 11) is 4.67. The minimum atomic E-state index is -0.0932. The van der Waals surface area contributed by atoms with Gasteiger partial charge in [0, 0.05) is 17.7 Å². The Labute approximate surface area is 118 Å². The first-order chi connectivity index (χ1) is 9.69. The van der Waals surface area contributed by atoms with E-state index in [1.807, 2.05) is 6.07 Å². The van der Waals surface area contributed by atoms with Crippen molar-refractivity contribution in [3.63, 3.8) is 0 Å². The SMILES string of the molecule is COc1ccc(/C=C/C(=O)NC2CC2)c(OC)c1OC. The minimum Gasteiger partial charge on any atom is -0.493 e. The first kappa shape index (κ1) is 14.2. The normalized spacial score (nSPS) is 14.2. The van der Waals surface area contributed by atoms with Crippen LogP contribution in [-0.2, 0) is 4.79 Å². The highest BCUT2D eigenvalue weighted by Crippen LogP contribution is 2.40. The van der Waals surface area contributed by atoms with Gasteiger partial charge in [-0.25, -0.2) is 0 Å². The van der Waals surface area contributed by atoms with Crippen LogP contribution in [0.5, 0.6) is 17.2 Å². The van der Waals surface area contributed by atoms with Crippen LogP contribution in [0.3, 0.4) is 0 Å². The molecule has 0 atom stereocenters. The molecule has 0 bridgehead atoms. The highest BCUT2D eigenvalue weighted by Gasteiger charge is 2.22. The molecule has 0 aliphatic heterocycles. The molecule has 0 saturated heterocycles. The van der Waals surface area contributed by atoms with Gasteiger partial charge in [0.2, 0.25) is 11.7 Å². The number of carbonyl (C=O) groups is 1. The zero-order chi connectivity index (χ0) is 14.5. The third-order valence-electron chi connectivity index (χ3n) is 3.07. The van der Waals surface area contributed by atoms with E-state index in [-0.39, 0.29) is 5.91 Å². The van der Waals surface area contributed by atoms with Crippen LogP contribution in [0.25, 0.3) is 6.08 Å². The Balaban J connectivity index is 2.21. The van der Waals surface area contributed by atoms with Crippen LogP contribution in [-0.4, -0.2) is 33.3 Å². The minimum absolute atomic E-state index is 0.0932. The van der Waals surface area contributed by atoms with Crippen molar-refractivity contribution in [2.75, 3.05) is 21.3 Å². The zero-order valence-electron chi connectivity index (χ0n) is 11.9. The topological polar surface area (TPSA) is 56.8 Å². The quantitative estimate of drug-likeness (QED) is 0.808. The van der Waals surface area contributed by atoms with Crippen molar-refractivity contribution in [3.05, 3.63) is 23.8 Å². The van der Waals surface area contributed by atoms with E-state index in [0.29, 0.717) is 23.3 Å². The number of nitrogens with one attached hydrogen (secondary N) is 1. The Kier molecular flexibility index (Phi) is 4.50. The van der Waals surface area contributed by atoms with Gasteiger partial charge in [-0.15, -0.1) is 0 Å². The van der Waals surface area contributed by atoms with Crippen LogP contribution in [0.1, 0.15) is 18.4 Å². The Bertz CT molecular complexity index is 521. The van der Waals surface area contributed by atoms with E-state index < -0.39 is 0 Å². The lowest BCUT2D eigenvalue weighted by Gasteiger charge is -2.13. The van der Waals surface area contributed by atoms with E-state index in [1.54, 1.807) is 33.5 Å². The molecule has 1 aliphatic carbocycles. The van der Waals surface area contributed by atoms with Gasteiger partial charge in [-0.05, 0) is 31.1 Å². The summed E-state index contributed by atoms with van der Waals surface area (Å²) in [6.45, 7) is 0. The largest absolute Gasteiger partial charge is 0.493 e. The summed E-state index contributed by atoms with van der Waals surface area (Å²) in [6.07, 6.45) is 5.35. The Morgan fingerprint density at radius 3 is 2.40 bits per heavy atom. The van der Waals surface area contributed by atoms with Crippen molar-refractivity contribution < 1.29 is 19.0 Å². The van der Waals surface area contributed by atoms with Crippen molar-refractivity contribution in [1.29, 1.82) is 0 Å². The maximum Gasteiger partial charge on any atom is 0.244 e. The maximum atomic E-state index is 11.6. The van der Waals surface area contributed by atoms with E-state index in [1.165, 1.54) is 6.08 Å². The van der Waals surface area contributed by atoms with E-state index in [2.05, 4.69) is 5.32 Å². The Hall–Kier alpha value is -2.17. The third-order valence-corrected chi connectivity index (χ3v) is 3.07. The molecule has 0 aromatic heterocycles. The molecule has 1 N–H and O–H groups in total. The fraction of sp³-hybridized carbons (Fsp3) is 0.400. The maximum absolute atomic E-state index is 11.6. The van der Waals surface area contributed by atoms with E-state index >= 15 is 0 Å². The Morgan fingerprint density at radius 1 is 1.15 bits per heavy atom. The first-order valence-electron chi connectivity index (χ1n) is 6.47. The second-order valence-electron chi connectivity index (χ2n) is 4.54. The molecule has 0 unspecified atom stereocenters. The van der Waals surface area contributed by atoms with Crippen molar-refractivity contribution in [3.8, 4) is 17.2 Å². The standard InChI is InChI=1S/C15H19NO4/c1-18-12-8-4-10(14(19-2)15(12)20-3)5-9-13(17)16-11-6-7-11/h4-5,8-9,11H,6-7H2,1-3H3,(H,16,17)/b9-5+. The summed E-state index contributed by atoms with van der Waals surface area (Å²) in [4.78, 5) is 11.6. The van der Waals surface area contributed by atoms with Gasteiger partial charge in [-0.1, -0.05) is 0 Å². The van der Waals surface area contributed by atoms with Crippen molar-refractivity contribution in [2.45, 2.75) is 18.9 Å². The fourth-order valence-corrected chi connectivity index (χ4v) is 1.90. The molecule has 1 saturated carbocycles. The van der Waals surface area contributed by atoms with Gasteiger partial charge in [-0.2, -0.15) is 0 Å². The summed E-state index contributed by atoms with van der Waals surface area (Å²) in [5.74, 6) is 1.55. The highest BCUT2D eigenvalue weighted by molar-refractivity contribution is 5.92. The van der Waals surface area contributed by atoms with Gasteiger partial charge >= 0.3 is 0 Å². The molecule has 0 heterocycles. The van der Waals surface area contributed by atoms with E-state index in [4.69, 9.17) is 14.2 Å². The number of ether oxygens (including phenoxy) is 3. The smallest absolute Gasteiger partial charge is 0.244 e. The monoisotopic (exact) mass is 277 g/mol. The molecule has 5 nitrogen and oxygen atoms in total. The number of hydrogen-bond donors (Lipinski definition) is 1.